The predicted molar refractivity (Wildman–Crippen MR) is 280 cm³/mol. The Hall–Kier alpha value is -7.89. The molecule has 0 aliphatic carbocycles. The zero-order valence-electron chi connectivity index (χ0n) is 38.4. The van der Waals surface area contributed by atoms with Gasteiger partial charge < -0.3 is 0 Å². The molecule has 10 aromatic rings. The number of aryl methyl sites for hydroxylation is 6. The van der Waals surface area contributed by atoms with E-state index in [0.717, 1.165) is 50.1 Å². The van der Waals surface area contributed by atoms with E-state index in [4.69, 9.17) is 15.0 Å². The minimum absolute atomic E-state index is 0.0174. The highest BCUT2D eigenvalue weighted by Crippen LogP contribution is 2.42. The fourth-order valence-electron chi connectivity index (χ4n) is 10.1. The highest BCUT2D eigenvalue weighted by atomic mass is 15.3. The molecule has 4 nitrogen and oxygen atoms in total. The van der Waals surface area contributed by atoms with Crippen LogP contribution in [0.25, 0.3) is 55.8 Å². The molecule has 0 unspecified atom stereocenters. The Kier molecular flexibility index (Phi) is 11.4. The quantitative estimate of drug-likeness (QED) is 0.129. The van der Waals surface area contributed by atoms with Gasteiger partial charge in [0.15, 0.2) is 11.6 Å². The summed E-state index contributed by atoms with van der Waals surface area (Å²) >= 11 is 0. The summed E-state index contributed by atoms with van der Waals surface area (Å²) < 4.78 is 0. The Bertz CT molecular complexity index is 3020. The maximum absolute atomic E-state index is 5.41. The molecule has 318 valence electrons. The summed E-state index contributed by atoms with van der Waals surface area (Å²) in [6.07, 6.45) is 0. The molecule has 1 aromatic heterocycles. The highest BCUT2D eigenvalue weighted by Gasteiger charge is 2.31. The lowest BCUT2D eigenvalue weighted by atomic mass is 9.33. The van der Waals surface area contributed by atoms with Crippen LogP contribution in [0.2, 0.25) is 0 Å². The van der Waals surface area contributed by atoms with Gasteiger partial charge in [-0.1, -0.05) is 226 Å². The van der Waals surface area contributed by atoms with Crippen molar-refractivity contribution in [1.82, 2.24) is 15.0 Å². The van der Waals surface area contributed by atoms with Gasteiger partial charge in [0, 0.05) is 16.5 Å². The number of hydrogen-bond donors (Lipinski definition) is 0. The molecule has 0 amide bonds. The van der Waals surface area contributed by atoms with Gasteiger partial charge >= 0.3 is 0 Å². The SMILES string of the molecule is Cc1cc(C)c(B(c2c(C)cc(C)cc2C)c2ccc(N(c3cc(-c4ccccc4)cc(-c4ccccc4)c3)c3nc(-c4ccccc4)nc(-c4ccccc4)n3)c3ccccc23)c(C)c1. The van der Waals surface area contributed by atoms with Crippen molar-refractivity contribution in [2.24, 2.45) is 0 Å². The van der Waals surface area contributed by atoms with Crippen molar-refractivity contribution in [2.75, 3.05) is 4.90 Å². The third-order valence-corrected chi connectivity index (χ3v) is 12.8. The van der Waals surface area contributed by atoms with Gasteiger partial charge in [0.1, 0.15) is 0 Å². The van der Waals surface area contributed by atoms with Gasteiger partial charge in [-0.3, -0.25) is 4.90 Å². The number of benzene rings is 9. The maximum Gasteiger partial charge on any atom is 0.243 e. The third-order valence-electron chi connectivity index (χ3n) is 12.8. The Morgan fingerprint density at radius 2 is 0.742 bits per heavy atom. The van der Waals surface area contributed by atoms with Gasteiger partial charge in [0.25, 0.3) is 0 Å². The van der Waals surface area contributed by atoms with Crippen molar-refractivity contribution in [3.63, 3.8) is 0 Å². The minimum Gasteiger partial charge on any atom is -0.278 e. The number of nitrogens with zero attached hydrogens (tertiary/aromatic N) is 4. The van der Waals surface area contributed by atoms with Crippen LogP contribution in [0.4, 0.5) is 17.3 Å². The monoisotopic (exact) mass is 850 g/mol. The molecule has 0 aliphatic heterocycles. The molecule has 9 aromatic carbocycles. The molecule has 0 fully saturated rings. The van der Waals surface area contributed by atoms with Gasteiger partial charge in [-0.05, 0) is 93.4 Å². The molecule has 5 heteroatoms. The second-order valence-electron chi connectivity index (χ2n) is 17.6. The molecule has 0 saturated heterocycles. The molecule has 0 bridgehead atoms. The summed E-state index contributed by atoms with van der Waals surface area (Å²) in [5.41, 5.74) is 19.9. The van der Waals surface area contributed by atoms with Gasteiger partial charge in [-0.15, -0.1) is 0 Å². The smallest absolute Gasteiger partial charge is 0.243 e. The van der Waals surface area contributed by atoms with Gasteiger partial charge in [0.05, 0.1) is 11.4 Å². The van der Waals surface area contributed by atoms with Crippen molar-refractivity contribution in [3.05, 3.63) is 234 Å². The first kappa shape index (κ1) is 42.1. The molecule has 1 heterocycles. The van der Waals surface area contributed by atoms with Crippen LogP contribution in [-0.2, 0) is 0 Å². The van der Waals surface area contributed by atoms with E-state index in [0.29, 0.717) is 17.6 Å². The molecule has 66 heavy (non-hydrogen) atoms. The summed E-state index contributed by atoms with van der Waals surface area (Å²) in [7, 11) is 0. The minimum atomic E-state index is -0.0174. The first-order valence-corrected chi connectivity index (χ1v) is 22.8. The second-order valence-corrected chi connectivity index (χ2v) is 17.6. The molecule has 0 aliphatic rings. The van der Waals surface area contributed by atoms with Crippen molar-refractivity contribution >= 4 is 51.2 Å². The van der Waals surface area contributed by atoms with Crippen molar-refractivity contribution in [1.29, 1.82) is 0 Å². The average Bonchev–Trinajstić information content (AvgIpc) is 3.34. The van der Waals surface area contributed by atoms with Gasteiger partial charge in [-0.2, -0.15) is 9.97 Å². The van der Waals surface area contributed by atoms with E-state index in [9.17, 15) is 0 Å². The van der Waals surface area contributed by atoms with E-state index >= 15 is 0 Å². The van der Waals surface area contributed by atoms with Crippen LogP contribution < -0.4 is 21.3 Å². The normalized spacial score (nSPS) is 11.2. The van der Waals surface area contributed by atoms with Crippen molar-refractivity contribution in [2.45, 2.75) is 41.5 Å². The van der Waals surface area contributed by atoms with Crippen LogP contribution in [0, 0.1) is 41.5 Å². The Morgan fingerprint density at radius 3 is 1.18 bits per heavy atom. The molecular formula is C61H51BN4. The lowest BCUT2D eigenvalue weighted by Crippen LogP contribution is -2.56. The molecule has 0 spiro atoms. The first-order valence-electron chi connectivity index (χ1n) is 22.8. The van der Waals surface area contributed by atoms with Crippen LogP contribution in [0.15, 0.2) is 200 Å². The summed E-state index contributed by atoms with van der Waals surface area (Å²) in [5, 5.41) is 2.27. The Labute approximate surface area is 389 Å². The largest absolute Gasteiger partial charge is 0.278 e. The molecular weight excluding hydrogens is 800 g/mol. The van der Waals surface area contributed by atoms with Crippen LogP contribution in [0.1, 0.15) is 33.4 Å². The lowest BCUT2D eigenvalue weighted by molar-refractivity contribution is 1.02. The first-order chi connectivity index (χ1) is 32.2. The lowest BCUT2D eigenvalue weighted by Gasteiger charge is -2.29. The Morgan fingerprint density at radius 1 is 0.348 bits per heavy atom. The van der Waals surface area contributed by atoms with Crippen molar-refractivity contribution in [3.8, 4) is 45.0 Å². The number of rotatable bonds is 10. The standard InChI is InChI=1S/C61H51BN4/c1-40-33-42(3)57(43(4)34-40)62(58-44(5)35-41(2)36-45(58)6)55-31-32-56(54-30-20-19-29-53(54)55)66(52-38-50(46-21-11-7-12-22-46)37-51(39-52)47-23-13-8-14-24-47)61-64-59(48-25-15-9-16-26-48)63-60(65-61)49-27-17-10-18-28-49/h7-39H,1-6H3. The fourth-order valence-corrected chi connectivity index (χ4v) is 10.1. The second kappa shape index (κ2) is 17.9. The average molecular weight is 851 g/mol. The highest BCUT2D eigenvalue weighted by molar-refractivity contribution is 6.98. The van der Waals surface area contributed by atoms with E-state index in [1.165, 1.54) is 55.2 Å². The number of anilines is 3. The number of aromatic nitrogens is 3. The zero-order valence-corrected chi connectivity index (χ0v) is 38.4. The Balaban J connectivity index is 1.30. The summed E-state index contributed by atoms with van der Waals surface area (Å²) in [6, 6.07) is 71.4. The summed E-state index contributed by atoms with van der Waals surface area (Å²) in [4.78, 5) is 18.2. The summed E-state index contributed by atoms with van der Waals surface area (Å²) in [5.74, 6) is 1.73. The third kappa shape index (κ3) is 8.21. The molecule has 0 radical (unpaired) electrons. The van der Waals surface area contributed by atoms with E-state index < -0.39 is 0 Å². The molecule has 0 atom stereocenters. The molecule has 0 N–H and O–H groups in total. The maximum atomic E-state index is 5.41. The molecule has 0 saturated carbocycles. The van der Waals surface area contributed by atoms with Crippen LogP contribution in [0.3, 0.4) is 0 Å². The molecule has 10 rings (SSSR count). The van der Waals surface area contributed by atoms with Crippen molar-refractivity contribution < 1.29 is 0 Å². The van der Waals surface area contributed by atoms with Crippen LogP contribution in [0.5, 0.6) is 0 Å². The van der Waals surface area contributed by atoms with E-state index in [1.54, 1.807) is 0 Å². The number of fused-ring (bicyclic) bond motifs is 1. The fraction of sp³-hybridized carbons (Fsp3) is 0.0984. The topological polar surface area (TPSA) is 41.9 Å². The number of hydrogen-bond acceptors (Lipinski definition) is 4. The van der Waals surface area contributed by atoms with E-state index in [1.807, 2.05) is 36.4 Å². The summed E-state index contributed by atoms with van der Waals surface area (Å²) in [6.45, 7) is 13.5. The van der Waals surface area contributed by atoms with E-state index in [2.05, 4.69) is 210 Å². The van der Waals surface area contributed by atoms with Crippen LogP contribution >= 0.6 is 0 Å². The van der Waals surface area contributed by atoms with Crippen LogP contribution in [-0.4, -0.2) is 21.7 Å². The van der Waals surface area contributed by atoms with E-state index in [-0.39, 0.29) is 6.71 Å². The zero-order chi connectivity index (χ0) is 45.3. The predicted octanol–water partition coefficient (Wildman–Crippen LogP) is 13.5. The van der Waals surface area contributed by atoms with Gasteiger partial charge in [0.2, 0.25) is 12.7 Å². The van der Waals surface area contributed by atoms with Gasteiger partial charge in [-0.25, -0.2) is 4.98 Å².